The molecule has 0 aromatic carbocycles. The molecule has 1 aliphatic carbocycles. The second-order valence-electron chi connectivity index (χ2n) is 4.62. The van der Waals surface area contributed by atoms with Gasteiger partial charge in [-0.1, -0.05) is 12.8 Å². The highest BCUT2D eigenvalue weighted by Gasteiger charge is 2.26. The lowest BCUT2D eigenvalue weighted by Crippen LogP contribution is -2.31. The summed E-state index contributed by atoms with van der Waals surface area (Å²) in [4.78, 5) is 3.93. The molecule has 1 aromatic heterocycles. The molecule has 96 valence electrons. The van der Waals surface area contributed by atoms with Crippen LogP contribution in [0, 0.1) is 5.92 Å². The van der Waals surface area contributed by atoms with Crippen molar-refractivity contribution in [3.63, 3.8) is 0 Å². The minimum absolute atomic E-state index is 0.259. The molecule has 1 saturated carbocycles. The van der Waals surface area contributed by atoms with Crippen LogP contribution in [0.5, 0.6) is 0 Å². The van der Waals surface area contributed by atoms with Gasteiger partial charge in [0.25, 0.3) is 0 Å². The van der Waals surface area contributed by atoms with Gasteiger partial charge in [0.1, 0.15) is 12.2 Å². The molecule has 1 fully saturated rings. The highest BCUT2D eigenvalue weighted by molar-refractivity contribution is 7.89. The molecular weight excluding hydrogens is 240 g/mol. The first-order valence-electron chi connectivity index (χ1n) is 5.86. The van der Waals surface area contributed by atoms with Gasteiger partial charge >= 0.3 is 0 Å². The number of sulfonamides is 1. The fourth-order valence-electron chi connectivity index (χ4n) is 2.22. The lowest BCUT2D eigenvalue weighted by molar-refractivity contribution is 0.445. The number of nitrogens with one attached hydrogen (secondary N) is 1. The second-order valence-corrected chi connectivity index (χ2v) is 6.74. The van der Waals surface area contributed by atoms with Crippen LogP contribution in [0.15, 0.2) is 6.33 Å². The maximum Gasteiger partial charge on any atom is 0.214 e. The number of H-pyrrole nitrogens is 1. The number of hydrogen-bond acceptors (Lipinski definition) is 4. The van der Waals surface area contributed by atoms with E-state index in [4.69, 9.17) is 0 Å². The van der Waals surface area contributed by atoms with Crippen LogP contribution in [0.25, 0.3) is 0 Å². The zero-order valence-corrected chi connectivity index (χ0v) is 10.8. The van der Waals surface area contributed by atoms with Crippen molar-refractivity contribution >= 4 is 10.0 Å². The summed E-state index contributed by atoms with van der Waals surface area (Å²) in [5.74, 6) is 1.16. The number of rotatable bonds is 5. The molecule has 0 spiro atoms. The molecule has 2 rings (SSSR count). The van der Waals surface area contributed by atoms with E-state index >= 15 is 0 Å². The minimum Gasteiger partial charge on any atom is -0.262 e. The predicted octanol–water partition coefficient (Wildman–Crippen LogP) is 0.756. The SMILES string of the molecule is CN(Cc1ncn[nH]1)S(=O)(=O)CC1CCCC1. The van der Waals surface area contributed by atoms with E-state index in [1.165, 1.54) is 10.6 Å². The smallest absolute Gasteiger partial charge is 0.214 e. The lowest BCUT2D eigenvalue weighted by atomic mass is 10.1. The van der Waals surface area contributed by atoms with Crippen LogP contribution in [-0.4, -0.2) is 40.7 Å². The molecule has 0 unspecified atom stereocenters. The topological polar surface area (TPSA) is 79.0 Å². The molecule has 17 heavy (non-hydrogen) atoms. The zero-order valence-electron chi connectivity index (χ0n) is 9.96. The number of nitrogens with zero attached hydrogens (tertiary/aromatic N) is 3. The van der Waals surface area contributed by atoms with Gasteiger partial charge in [-0.25, -0.2) is 13.4 Å². The van der Waals surface area contributed by atoms with Crippen LogP contribution in [0.3, 0.4) is 0 Å². The van der Waals surface area contributed by atoms with Crippen LogP contribution in [0.4, 0.5) is 0 Å². The summed E-state index contributed by atoms with van der Waals surface area (Å²) in [5.41, 5.74) is 0. The Morgan fingerprint density at radius 3 is 2.76 bits per heavy atom. The zero-order chi connectivity index (χ0) is 12.3. The van der Waals surface area contributed by atoms with Crippen molar-refractivity contribution in [2.24, 2.45) is 5.92 Å². The van der Waals surface area contributed by atoms with E-state index < -0.39 is 10.0 Å². The monoisotopic (exact) mass is 258 g/mol. The minimum atomic E-state index is -3.17. The van der Waals surface area contributed by atoms with E-state index in [1.54, 1.807) is 7.05 Å². The summed E-state index contributed by atoms with van der Waals surface area (Å²) in [7, 11) is -1.58. The molecular formula is C10H18N4O2S. The van der Waals surface area contributed by atoms with Crippen molar-refractivity contribution in [2.75, 3.05) is 12.8 Å². The average Bonchev–Trinajstić information content (AvgIpc) is 2.90. The largest absolute Gasteiger partial charge is 0.262 e. The second kappa shape index (κ2) is 5.14. The summed E-state index contributed by atoms with van der Waals surface area (Å²) < 4.78 is 25.5. The van der Waals surface area contributed by atoms with Crippen molar-refractivity contribution < 1.29 is 8.42 Å². The fraction of sp³-hybridized carbons (Fsp3) is 0.800. The maximum absolute atomic E-state index is 12.1. The van der Waals surface area contributed by atoms with E-state index in [0.29, 0.717) is 11.7 Å². The van der Waals surface area contributed by atoms with Gasteiger partial charge < -0.3 is 0 Å². The van der Waals surface area contributed by atoms with Gasteiger partial charge in [0, 0.05) is 7.05 Å². The van der Waals surface area contributed by atoms with Gasteiger partial charge in [0.05, 0.1) is 12.3 Å². The van der Waals surface area contributed by atoms with Gasteiger partial charge in [0.15, 0.2) is 0 Å². The summed E-state index contributed by atoms with van der Waals surface area (Å²) in [5, 5.41) is 6.37. The van der Waals surface area contributed by atoms with Crippen molar-refractivity contribution in [2.45, 2.75) is 32.2 Å². The van der Waals surface area contributed by atoms with Crippen molar-refractivity contribution in [3.8, 4) is 0 Å². The van der Waals surface area contributed by atoms with Crippen LogP contribution in [-0.2, 0) is 16.6 Å². The molecule has 1 N–H and O–H groups in total. The molecule has 1 aromatic rings. The molecule has 0 aliphatic heterocycles. The molecule has 0 bridgehead atoms. The van der Waals surface area contributed by atoms with Gasteiger partial charge in [-0.3, -0.25) is 5.10 Å². The van der Waals surface area contributed by atoms with E-state index in [0.717, 1.165) is 25.7 Å². The highest BCUT2D eigenvalue weighted by Crippen LogP contribution is 2.26. The number of aromatic nitrogens is 3. The Morgan fingerprint density at radius 2 is 2.18 bits per heavy atom. The standard InChI is InChI=1S/C10H18N4O2S/c1-14(6-10-11-8-12-13-10)17(15,16)7-9-4-2-3-5-9/h8-9H,2-7H2,1H3,(H,11,12,13). The van der Waals surface area contributed by atoms with E-state index in [1.807, 2.05) is 0 Å². The Bertz CT molecular complexity index is 437. The van der Waals surface area contributed by atoms with Crippen molar-refractivity contribution in [1.82, 2.24) is 19.5 Å². The summed E-state index contributed by atoms with van der Waals surface area (Å²) in [6.45, 7) is 0.259. The fourth-order valence-corrected chi connectivity index (χ4v) is 3.72. The van der Waals surface area contributed by atoms with E-state index in [2.05, 4.69) is 15.2 Å². The summed E-state index contributed by atoms with van der Waals surface area (Å²) >= 11 is 0. The molecule has 0 saturated heterocycles. The summed E-state index contributed by atoms with van der Waals surface area (Å²) in [6, 6.07) is 0. The van der Waals surface area contributed by atoms with Crippen molar-refractivity contribution in [3.05, 3.63) is 12.2 Å². The predicted molar refractivity (Wildman–Crippen MR) is 63.6 cm³/mol. The first-order chi connectivity index (χ1) is 8.08. The Hall–Kier alpha value is -0.950. The number of aromatic amines is 1. The van der Waals surface area contributed by atoms with Gasteiger partial charge in [-0.15, -0.1) is 0 Å². The van der Waals surface area contributed by atoms with E-state index in [9.17, 15) is 8.42 Å². The van der Waals surface area contributed by atoms with Gasteiger partial charge in [0.2, 0.25) is 10.0 Å². The Balaban J connectivity index is 1.94. The molecule has 0 radical (unpaired) electrons. The molecule has 1 heterocycles. The number of hydrogen-bond donors (Lipinski definition) is 1. The Labute approximate surface area is 101 Å². The Kier molecular flexibility index (Phi) is 3.78. The third-order valence-corrected chi connectivity index (χ3v) is 5.20. The molecule has 1 aliphatic rings. The van der Waals surface area contributed by atoms with Crippen LogP contribution >= 0.6 is 0 Å². The van der Waals surface area contributed by atoms with E-state index in [-0.39, 0.29) is 12.3 Å². The molecule has 7 heteroatoms. The van der Waals surface area contributed by atoms with Crippen LogP contribution in [0.1, 0.15) is 31.5 Å². The molecule has 6 nitrogen and oxygen atoms in total. The molecule has 0 amide bonds. The highest BCUT2D eigenvalue weighted by atomic mass is 32.2. The average molecular weight is 258 g/mol. The first-order valence-corrected chi connectivity index (χ1v) is 7.47. The van der Waals surface area contributed by atoms with Crippen molar-refractivity contribution in [1.29, 1.82) is 0 Å². The third-order valence-electron chi connectivity index (χ3n) is 3.23. The lowest BCUT2D eigenvalue weighted by Gasteiger charge is -2.18. The van der Waals surface area contributed by atoms with Crippen LogP contribution in [0.2, 0.25) is 0 Å². The normalized spacial score (nSPS) is 18.0. The Morgan fingerprint density at radius 1 is 1.47 bits per heavy atom. The third kappa shape index (κ3) is 3.26. The van der Waals surface area contributed by atoms with Gasteiger partial charge in [-0.2, -0.15) is 9.40 Å². The quantitative estimate of drug-likeness (QED) is 0.845. The molecule has 0 atom stereocenters. The maximum atomic E-state index is 12.1. The first kappa shape index (κ1) is 12.5. The summed E-state index contributed by atoms with van der Waals surface area (Å²) in [6.07, 6.45) is 5.77. The van der Waals surface area contributed by atoms with Gasteiger partial charge in [-0.05, 0) is 18.8 Å². The van der Waals surface area contributed by atoms with Crippen LogP contribution < -0.4 is 0 Å².